The zero-order valence-corrected chi connectivity index (χ0v) is 19.9. The highest BCUT2D eigenvalue weighted by molar-refractivity contribution is 14.0. The molecule has 0 saturated heterocycles. The molecule has 0 unspecified atom stereocenters. The van der Waals surface area contributed by atoms with E-state index in [0.717, 1.165) is 17.0 Å². The summed E-state index contributed by atoms with van der Waals surface area (Å²) in [5, 5.41) is 6.29. The fourth-order valence-electron chi connectivity index (χ4n) is 3.05. The van der Waals surface area contributed by atoms with Crippen LogP contribution in [0.2, 0.25) is 0 Å². The van der Waals surface area contributed by atoms with Gasteiger partial charge in [0.25, 0.3) is 0 Å². The number of halogens is 3. The van der Waals surface area contributed by atoms with Gasteiger partial charge in [-0.15, -0.1) is 24.0 Å². The molecule has 0 radical (unpaired) electrons. The number of nitrogens with zero attached hydrogens (tertiary/aromatic N) is 3. The Morgan fingerprint density at radius 1 is 1.16 bits per heavy atom. The number of imidazole rings is 1. The first kappa shape index (κ1) is 24.6. The molecule has 0 saturated carbocycles. The van der Waals surface area contributed by atoms with Crippen LogP contribution in [0.5, 0.6) is 11.5 Å². The van der Waals surface area contributed by atoms with Crippen LogP contribution in [0.25, 0.3) is 5.65 Å². The molecule has 2 heterocycles. The van der Waals surface area contributed by atoms with Gasteiger partial charge in [0.1, 0.15) is 5.65 Å². The van der Waals surface area contributed by atoms with Gasteiger partial charge < -0.3 is 24.5 Å². The van der Waals surface area contributed by atoms with Crippen LogP contribution in [-0.4, -0.2) is 35.6 Å². The molecule has 3 aromatic rings. The number of para-hydroxylation sites is 1. The Kier molecular flexibility index (Phi) is 9.28. The second kappa shape index (κ2) is 11.7. The maximum Gasteiger partial charge on any atom is 0.387 e. The summed E-state index contributed by atoms with van der Waals surface area (Å²) in [6.07, 6.45) is 1.96. The number of aryl methyl sites for hydroxylation is 1. The minimum absolute atomic E-state index is 0. The minimum Gasteiger partial charge on any atom is -0.490 e. The van der Waals surface area contributed by atoms with Crippen molar-refractivity contribution in [3.8, 4) is 11.5 Å². The van der Waals surface area contributed by atoms with Gasteiger partial charge in [-0.3, -0.25) is 4.99 Å². The number of ether oxygens (including phenoxy) is 2. The number of fused-ring (bicyclic) bond motifs is 1. The molecule has 0 spiro atoms. The summed E-state index contributed by atoms with van der Waals surface area (Å²) in [5.41, 5.74) is 3.35. The maximum absolute atomic E-state index is 12.9. The Bertz CT molecular complexity index is 1030. The minimum atomic E-state index is -2.94. The molecule has 2 N–H and O–H groups in total. The van der Waals surface area contributed by atoms with E-state index in [4.69, 9.17) is 9.47 Å². The normalized spacial score (nSPS) is 11.4. The van der Waals surface area contributed by atoms with E-state index in [1.54, 1.807) is 32.2 Å². The summed E-state index contributed by atoms with van der Waals surface area (Å²) in [6, 6.07) is 11.0. The Hall–Kier alpha value is -2.63. The van der Waals surface area contributed by atoms with Crippen LogP contribution in [0, 0.1) is 6.92 Å². The molecule has 0 aliphatic heterocycles. The third-order valence-electron chi connectivity index (χ3n) is 4.42. The lowest BCUT2D eigenvalue weighted by Gasteiger charge is -2.17. The van der Waals surface area contributed by atoms with Crippen molar-refractivity contribution in [2.45, 2.75) is 33.5 Å². The summed E-state index contributed by atoms with van der Waals surface area (Å²) in [5.74, 6) is 0.807. The van der Waals surface area contributed by atoms with Crippen molar-refractivity contribution in [2.75, 3.05) is 13.7 Å². The van der Waals surface area contributed by atoms with Crippen LogP contribution >= 0.6 is 24.0 Å². The average Bonchev–Trinajstić information content (AvgIpc) is 3.14. The van der Waals surface area contributed by atoms with E-state index in [0.29, 0.717) is 24.7 Å². The van der Waals surface area contributed by atoms with Gasteiger partial charge in [-0.1, -0.05) is 18.2 Å². The van der Waals surface area contributed by atoms with Gasteiger partial charge in [0.15, 0.2) is 17.5 Å². The number of alkyl halides is 2. The number of aromatic nitrogens is 2. The van der Waals surface area contributed by atoms with Gasteiger partial charge in [0, 0.05) is 31.0 Å². The van der Waals surface area contributed by atoms with Crippen molar-refractivity contribution in [2.24, 2.45) is 4.99 Å². The molecule has 168 valence electrons. The van der Waals surface area contributed by atoms with E-state index in [1.807, 2.05) is 35.7 Å². The number of rotatable bonds is 8. The number of hydrogen-bond acceptors (Lipinski definition) is 4. The fourth-order valence-corrected chi connectivity index (χ4v) is 3.05. The largest absolute Gasteiger partial charge is 0.490 e. The summed E-state index contributed by atoms with van der Waals surface area (Å²) in [4.78, 5) is 8.75. The van der Waals surface area contributed by atoms with E-state index >= 15 is 0 Å². The number of benzene rings is 1. The second-order valence-electron chi connectivity index (χ2n) is 6.46. The van der Waals surface area contributed by atoms with E-state index in [2.05, 4.69) is 20.6 Å². The second-order valence-corrected chi connectivity index (χ2v) is 6.46. The monoisotopic (exact) mass is 545 g/mol. The van der Waals surface area contributed by atoms with Crippen molar-refractivity contribution in [3.05, 3.63) is 59.5 Å². The topological polar surface area (TPSA) is 72.2 Å². The van der Waals surface area contributed by atoms with Crippen molar-refractivity contribution >= 4 is 35.6 Å². The number of nitrogens with one attached hydrogen (secondary N) is 2. The zero-order valence-electron chi connectivity index (χ0n) is 17.6. The summed E-state index contributed by atoms with van der Waals surface area (Å²) < 4.78 is 37.9. The van der Waals surface area contributed by atoms with E-state index in [-0.39, 0.29) is 42.0 Å². The summed E-state index contributed by atoms with van der Waals surface area (Å²) >= 11 is 0. The summed E-state index contributed by atoms with van der Waals surface area (Å²) in [7, 11) is 1.64. The Morgan fingerprint density at radius 2 is 1.90 bits per heavy atom. The van der Waals surface area contributed by atoms with E-state index in [9.17, 15) is 8.78 Å². The van der Waals surface area contributed by atoms with Gasteiger partial charge in [0.2, 0.25) is 0 Å². The van der Waals surface area contributed by atoms with Gasteiger partial charge in [-0.05, 0) is 32.0 Å². The highest BCUT2D eigenvalue weighted by Gasteiger charge is 2.16. The van der Waals surface area contributed by atoms with Crippen LogP contribution in [0.15, 0.2) is 47.6 Å². The highest BCUT2D eigenvalue weighted by atomic mass is 127. The third kappa shape index (κ3) is 6.42. The van der Waals surface area contributed by atoms with Crippen LogP contribution < -0.4 is 20.1 Å². The molecule has 2 aromatic heterocycles. The maximum atomic E-state index is 12.9. The molecule has 0 amide bonds. The first-order valence-electron chi connectivity index (χ1n) is 9.59. The lowest BCUT2D eigenvalue weighted by atomic mass is 10.2. The average molecular weight is 545 g/mol. The Balaban J connectivity index is 0.00000341. The number of aliphatic imine (C=N–C) groups is 1. The molecule has 0 atom stereocenters. The van der Waals surface area contributed by atoms with Gasteiger partial charge in [0.05, 0.1) is 18.8 Å². The van der Waals surface area contributed by atoms with Crippen LogP contribution in [0.1, 0.15) is 23.9 Å². The molecule has 31 heavy (non-hydrogen) atoms. The predicted octanol–water partition coefficient (Wildman–Crippen LogP) is 4.13. The molecule has 1 aromatic carbocycles. The number of guanidine groups is 1. The molecular formula is C21H26F2IN5O2. The summed E-state index contributed by atoms with van der Waals surface area (Å²) in [6.45, 7) is 1.89. The van der Waals surface area contributed by atoms with Crippen LogP contribution in [0.4, 0.5) is 8.78 Å². The van der Waals surface area contributed by atoms with E-state index in [1.165, 1.54) is 0 Å². The molecule has 3 rings (SSSR count). The molecule has 0 aliphatic rings. The first-order chi connectivity index (χ1) is 14.5. The Morgan fingerprint density at radius 3 is 2.58 bits per heavy atom. The standard InChI is InChI=1S/C21H25F2N5O2.HI/c1-4-29-17-9-6-8-15(19(17)30-20(22)23)11-25-21(24-3)26-12-16-13-28-14(2)7-5-10-18(28)27-16;/h5-10,13,20H,4,11-12H2,1-3H3,(H2,24,25,26);1H. The Labute approximate surface area is 196 Å². The molecule has 10 heteroatoms. The van der Waals surface area contributed by atoms with Gasteiger partial charge in [-0.2, -0.15) is 8.78 Å². The van der Waals surface area contributed by atoms with Crippen molar-refractivity contribution in [1.82, 2.24) is 20.0 Å². The van der Waals surface area contributed by atoms with Gasteiger partial charge >= 0.3 is 6.61 Å². The lowest BCUT2D eigenvalue weighted by molar-refractivity contribution is -0.0520. The van der Waals surface area contributed by atoms with E-state index < -0.39 is 6.61 Å². The quantitative estimate of drug-likeness (QED) is 0.253. The lowest BCUT2D eigenvalue weighted by Crippen LogP contribution is -2.36. The molecule has 7 nitrogen and oxygen atoms in total. The first-order valence-corrected chi connectivity index (χ1v) is 9.59. The zero-order chi connectivity index (χ0) is 21.5. The van der Waals surface area contributed by atoms with Crippen molar-refractivity contribution in [3.63, 3.8) is 0 Å². The van der Waals surface area contributed by atoms with Crippen molar-refractivity contribution in [1.29, 1.82) is 0 Å². The fraction of sp³-hybridized carbons (Fsp3) is 0.333. The van der Waals surface area contributed by atoms with Crippen LogP contribution in [0.3, 0.4) is 0 Å². The third-order valence-corrected chi connectivity index (χ3v) is 4.42. The molecule has 0 aliphatic carbocycles. The molecular weight excluding hydrogens is 519 g/mol. The predicted molar refractivity (Wildman–Crippen MR) is 127 cm³/mol. The van der Waals surface area contributed by atoms with Crippen molar-refractivity contribution < 1.29 is 18.3 Å². The van der Waals surface area contributed by atoms with Crippen LogP contribution in [-0.2, 0) is 13.1 Å². The smallest absolute Gasteiger partial charge is 0.387 e. The number of hydrogen-bond donors (Lipinski definition) is 2. The van der Waals surface area contributed by atoms with Gasteiger partial charge in [-0.25, -0.2) is 4.98 Å². The number of pyridine rings is 1. The SMILES string of the molecule is CCOc1cccc(CNC(=NC)NCc2cn3c(C)cccc3n2)c1OC(F)F.I. The highest BCUT2D eigenvalue weighted by Crippen LogP contribution is 2.32. The molecule has 0 bridgehead atoms. The molecule has 0 fully saturated rings.